The first kappa shape index (κ1) is 19.1. The van der Waals surface area contributed by atoms with Crippen LogP contribution < -0.4 is 5.32 Å². The second-order valence-corrected chi connectivity index (χ2v) is 7.56. The number of carbonyl (C=O) groups excluding carboxylic acids is 1. The number of amides is 1. The Morgan fingerprint density at radius 2 is 1.68 bits per heavy atom. The summed E-state index contributed by atoms with van der Waals surface area (Å²) in [4.78, 5) is 16.6. The van der Waals surface area contributed by atoms with Gasteiger partial charge in [-0.05, 0) is 46.0 Å². The number of benzene rings is 3. The van der Waals surface area contributed by atoms with Crippen molar-refractivity contribution in [3.63, 3.8) is 0 Å². The van der Waals surface area contributed by atoms with Gasteiger partial charge in [-0.3, -0.25) is 4.98 Å². The molecule has 1 aliphatic carbocycles. The fraction of sp³-hybridized carbons (Fsp3) is 0.111. The quantitative estimate of drug-likeness (QED) is 0.457. The van der Waals surface area contributed by atoms with Crippen molar-refractivity contribution in [1.29, 1.82) is 0 Å². The first-order chi connectivity index (χ1) is 15.3. The standard InChI is InChI=1S/C27H22N2O2/c30-27(29-16-5-7-19-13-14-26-20(17-19)8-6-15-28-26)31-18-25-23-11-3-1-9-21(23)22-10-2-4-12-24(22)25/h1-15,17,25H,16,18H2,(H,29,30). The van der Waals surface area contributed by atoms with Gasteiger partial charge >= 0.3 is 6.09 Å². The number of nitrogens with one attached hydrogen (secondary N) is 1. The first-order valence-electron chi connectivity index (χ1n) is 10.4. The van der Waals surface area contributed by atoms with Crippen molar-refractivity contribution in [2.45, 2.75) is 5.92 Å². The van der Waals surface area contributed by atoms with E-state index in [1.165, 1.54) is 22.3 Å². The lowest BCUT2D eigenvalue weighted by molar-refractivity contribution is 0.144. The molecule has 5 rings (SSSR count). The number of ether oxygens (including phenoxy) is 1. The summed E-state index contributed by atoms with van der Waals surface area (Å²) < 4.78 is 5.56. The smallest absolute Gasteiger partial charge is 0.407 e. The summed E-state index contributed by atoms with van der Waals surface area (Å²) >= 11 is 0. The molecule has 0 radical (unpaired) electrons. The lowest BCUT2D eigenvalue weighted by Gasteiger charge is -2.14. The number of rotatable bonds is 5. The van der Waals surface area contributed by atoms with Crippen LogP contribution in [0.4, 0.5) is 4.79 Å². The number of hydrogen-bond donors (Lipinski definition) is 1. The van der Waals surface area contributed by atoms with Gasteiger partial charge in [-0.25, -0.2) is 4.79 Å². The molecule has 1 N–H and O–H groups in total. The molecule has 1 heterocycles. The third kappa shape index (κ3) is 3.92. The number of alkyl carbamates (subject to hydrolysis) is 1. The van der Waals surface area contributed by atoms with Crippen LogP contribution in [0.5, 0.6) is 0 Å². The molecule has 4 heteroatoms. The molecule has 0 saturated carbocycles. The molecule has 0 saturated heterocycles. The van der Waals surface area contributed by atoms with E-state index in [2.05, 4.69) is 40.6 Å². The summed E-state index contributed by atoms with van der Waals surface area (Å²) in [5, 5.41) is 3.89. The van der Waals surface area contributed by atoms with Crippen LogP contribution in [0.25, 0.3) is 28.1 Å². The molecule has 3 aromatic carbocycles. The van der Waals surface area contributed by atoms with Crippen molar-refractivity contribution >= 4 is 23.1 Å². The molecule has 0 fully saturated rings. The number of hydrogen-bond acceptors (Lipinski definition) is 3. The minimum absolute atomic E-state index is 0.0694. The van der Waals surface area contributed by atoms with Crippen LogP contribution in [-0.2, 0) is 4.74 Å². The third-order valence-electron chi connectivity index (χ3n) is 5.65. The van der Waals surface area contributed by atoms with Crippen molar-refractivity contribution in [2.24, 2.45) is 0 Å². The second kappa shape index (κ2) is 8.44. The van der Waals surface area contributed by atoms with Crippen LogP contribution in [0.3, 0.4) is 0 Å². The molecule has 152 valence electrons. The zero-order chi connectivity index (χ0) is 21.0. The summed E-state index contributed by atoms with van der Waals surface area (Å²) in [6, 6.07) is 26.7. The third-order valence-corrected chi connectivity index (χ3v) is 5.65. The van der Waals surface area contributed by atoms with Crippen LogP contribution >= 0.6 is 0 Å². The molecule has 31 heavy (non-hydrogen) atoms. The maximum Gasteiger partial charge on any atom is 0.407 e. The van der Waals surface area contributed by atoms with Crippen LogP contribution in [0.15, 0.2) is 91.1 Å². The predicted octanol–water partition coefficient (Wildman–Crippen LogP) is 5.79. The van der Waals surface area contributed by atoms with Gasteiger partial charge in [-0.1, -0.05) is 72.8 Å². The Kier molecular flexibility index (Phi) is 5.19. The maximum atomic E-state index is 12.2. The number of aromatic nitrogens is 1. The highest BCUT2D eigenvalue weighted by atomic mass is 16.5. The van der Waals surface area contributed by atoms with E-state index in [1.54, 1.807) is 6.20 Å². The van der Waals surface area contributed by atoms with E-state index in [9.17, 15) is 4.79 Å². The SMILES string of the molecule is O=C(NCC=Cc1ccc2ncccc2c1)OCC1c2ccccc2-c2ccccc21. The highest BCUT2D eigenvalue weighted by Gasteiger charge is 2.28. The minimum atomic E-state index is -0.408. The van der Waals surface area contributed by atoms with Gasteiger partial charge in [0.15, 0.2) is 0 Å². The molecule has 1 aromatic heterocycles. The number of fused-ring (bicyclic) bond motifs is 4. The van der Waals surface area contributed by atoms with Crippen molar-refractivity contribution < 1.29 is 9.53 Å². The Balaban J connectivity index is 1.17. The molecule has 0 aliphatic heterocycles. The van der Waals surface area contributed by atoms with Gasteiger partial charge in [-0.15, -0.1) is 0 Å². The van der Waals surface area contributed by atoms with Crippen molar-refractivity contribution in [1.82, 2.24) is 10.3 Å². The van der Waals surface area contributed by atoms with E-state index in [0.29, 0.717) is 13.2 Å². The van der Waals surface area contributed by atoms with Crippen LogP contribution in [0, 0.1) is 0 Å². The molecule has 0 spiro atoms. The Labute approximate surface area is 181 Å². The van der Waals surface area contributed by atoms with Crippen molar-refractivity contribution in [3.05, 3.63) is 108 Å². The van der Waals surface area contributed by atoms with Crippen LogP contribution in [-0.4, -0.2) is 24.2 Å². The average molecular weight is 406 g/mol. The van der Waals surface area contributed by atoms with Gasteiger partial charge in [-0.2, -0.15) is 0 Å². The molecular formula is C27H22N2O2. The van der Waals surface area contributed by atoms with E-state index >= 15 is 0 Å². The van der Waals surface area contributed by atoms with Crippen LogP contribution in [0.2, 0.25) is 0 Å². The normalized spacial score (nSPS) is 12.6. The zero-order valence-electron chi connectivity index (χ0n) is 17.0. The lowest BCUT2D eigenvalue weighted by Crippen LogP contribution is -2.26. The summed E-state index contributed by atoms with van der Waals surface area (Å²) in [6.07, 6.45) is 5.28. The fourth-order valence-corrected chi connectivity index (χ4v) is 4.18. The van der Waals surface area contributed by atoms with Crippen LogP contribution in [0.1, 0.15) is 22.6 Å². The summed E-state index contributed by atoms with van der Waals surface area (Å²) in [5.74, 6) is 0.0694. The van der Waals surface area contributed by atoms with Gasteiger partial charge in [0.25, 0.3) is 0 Å². The van der Waals surface area contributed by atoms with Gasteiger partial charge in [0.2, 0.25) is 0 Å². The molecule has 1 aliphatic rings. The minimum Gasteiger partial charge on any atom is -0.449 e. The second-order valence-electron chi connectivity index (χ2n) is 7.56. The number of carbonyl (C=O) groups is 1. The molecular weight excluding hydrogens is 384 g/mol. The van der Waals surface area contributed by atoms with E-state index in [0.717, 1.165) is 16.5 Å². The molecule has 0 bridgehead atoms. The van der Waals surface area contributed by atoms with E-state index in [4.69, 9.17) is 4.74 Å². The zero-order valence-corrected chi connectivity index (χ0v) is 17.0. The van der Waals surface area contributed by atoms with Gasteiger partial charge < -0.3 is 10.1 Å². The molecule has 0 atom stereocenters. The van der Waals surface area contributed by atoms with E-state index in [1.807, 2.05) is 60.7 Å². The topological polar surface area (TPSA) is 51.2 Å². The summed E-state index contributed by atoms with van der Waals surface area (Å²) in [5.41, 5.74) is 6.90. The Bertz CT molecular complexity index is 1230. The maximum absolute atomic E-state index is 12.2. The molecule has 4 aromatic rings. The Hall–Kier alpha value is -3.92. The Morgan fingerprint density at radius 1 is 0.935 bits per heavy atom. The average Bonchev–Trinajstić information content (AvgIpc) is 3.14. The highest BCUT2D eigenvalue weighted by molar-refractivity contribution is 5.81. The van der Waals surface area contributed by atoms with E-state index < -0.39 is 6.09 Å². The fourth-order valence-electron chi connectivity index (χ4n) is 4.18. The highest BCUT2D eigenvalue weighted by Crippen LogP contribution is 2.44. The lowest BCUT2D eigenvalue weighted by atomic mass is 9.98. The number of pyridine rings is 1. The van der Waals surface area contributed by atoms with Gasteiger partial charge in [0, 0.05) is 24.0 Å². The first-order valence-corrected chi connectivity index (χ1v) is 10.4. The van der Waals surface area contributed by atoms with Crippen molar-refractivity contribution in [2.75, 3.05) is 13.2 Å². The van der Waals surface area contributed by atoms with Crippen molar-refractivity contribution in [3.8, 4) is 11.1 Å². The van der Waals surface area contributed by atoms with E-state index in [-0.39, 0.29) is 5.92 Å². The summed E-state index contributed by atoms with van der Waals surface area (Å²) in [7, 11) is 0. The molecule has 1 amide bonds. The molecule has 4 nitrogen and oxygen atoms in total. The predicted molar refractivity (Wildman–Crippen MR) is 124 cm³/mol. The molecule has 0 unspecified atom stereocenters. The largest absolute Gasteiger partial charge is 0.449 e. The Morgan fingerprint density at radius 3 is 2.45 bits per heavy atom. The number of nitrogens with zero attached hydrogens (tertiary/aromatic N) is 1. The monoisotopic (exact) mass is 406 g/mol. The van der Waals surface area contributed by atoms with Gasteiger partial charge in [0.1, 0.15) is 6.61 Å². The summed E-state index contributed by atoms with van der Waals surface area (Å²) in [6.45, 7) is 0.725. The van der Waals surface area contributed by atoms with Gasteiger partial charge in [0.05, 0.1) is 5.52 Å².